The van der Waals surface area contributed by atoms with Crippen LogP contribution in [0, 0.1) is 0 Å². The average Bonchev–Trinajstić information content (AvgIpc) is 2.82. The van der Waals surface area contributed by atoms with E-state index in [1.807, 2.05) is 7.05 Å². The molecular weight excluding hydrogens is 276 g/mol. The van der Waals surface area contributed by atoms with Crippen LogP contribution in [-0.2, 0) is 11.8 Å². The standard InChI is InChI=1S/C13H14N4O2S/c1-9(18)15-11-5-3-10(4-6-11)12(19)7-20-13-16-14-8-17(13)2/h3-6,8H,7H2,1-2H3,(H,15,18). The smallest absolute Gasteiger partial charge is 0.221 e. The van der Waals surface area contributed by atoms with Gasteiger partial charge in [0.1, 0.15) is 6.33 Å². The van der Waals surface area contributed by atoms with Crippen molar-refractivity contribution in [1.82, 2.24) is 14.8 Å². The molecule has 0 aliphatic heterocycles. The molecule has 20 heavy (non-hydrogen) atoms. The van der Waals surface area contributed by atoms with Crippen LogP contribution in [0.5, 0.6) is 0 Å². The molecule has 1 aromatic carbocycles. The molecule has 1 N–H and O–H groups in total. The fourth-order valence-electron chi connectivity index (χ4n) is 1.56. The number of rotatable bonds is 5. The van der Waals surface area contributed by atoms with E-state index < -0.39 is 0 Å². The Morgan fingerprint density at radius 3 is 2.55 bits per heavy atom. The lowest BCUT2D eigenvalue weighted by atomic mass is 10.1. The van der Waals surface area contributed by atoms with Crippen LogP contribution in [0.4, 0.5) is 5.69 Å². The van der Waals surface area contributed by atoms with Gasteiger partial charge in [-0.25, -0.2) is 0 Å². The zero-order valence-corrected chi connectivity index (χ0v) is 12.0. The number of hydrogen-bond acceptors (Lipinski definition) is 5. The maximum absolute atomic E-state index is 12.0. The number of nitrogens with one attached hydrogen (secondary N) is 1. The summed E-state index contributed by atoms with van der Waals surface area (Å²) in [6.07, 6.45) is 1.59. The maximum atomic E-state index is 12.0. The van der Waals surface area contributed by atoms with E-state index in [9.17, 15) is 9.59 Å². The Balaban J connectivity index is 1.95. The Morgan fingerprint density at radius 1 is 1.30 bits per heavy atom. The van der Waals surface area contributed by atoms with Crippen molar-refractivity contribution in [3.05, 3.63) is 36.2 Å². The molecule has 0 aliphatic rings. The van der Waals surface area contributed by atoms with E-state index in [-0.39, 0.29) is 11.7 Å². The first-order chi connectivity index (χ1) is 9.56. The van der Waals surface area contributed by atoms with E-state index in [0.29, 0.717) is 22.2 Å². The minimum atomic E-state index is -0.137. The molecule has 6 nitrogen and oxygen atoms in total. The highest BCUT2D eigenvalue weighted by Gasteiger charge is 2.09. The fourth-order valence-corrected chi connectivity index (χ4v) is 2.34. The number of carbonyl (C=O) groups excluding carboxylic acids is 2. The van der Waals surface area contributed by atoms with E-state index in [2.05, 4.69) is 15.5 Å². The third-order valence-corrected chi connectivity index (χ3v) is 3.56. The van der Waals surface area contributed by atoms with E-state index in [1.165, 1.54) is 18.7 Å². The Kier molecular flexibility index (Phi) is 4.52. The molecular formula is C13H14N4O2S. The number of carbonyl (C=O) groups is 2. The van der Waals surface area contributed by atoms with Crippen molar-refractivity contribution in [1.29, 1.82) is 0 Å². The molecule has 0 bridgehead atoms. The first-order valence-corrected chi connectivity index (χ1v) is 6.92. The van der Waals surface area contributed by atoms with Gasteiger partial charge in [-0.05, 0) is 24.3 Å². The Hall–Kier alpha value is -2.15. The number of thioether (sulfide) groups is 1. The van der Waals surface area contributed by atoms with E-state index in [4.69, 9.17) is 0 Å². The summed E-state index contributed by atoms with van der Waals surface area (Å²) in [4.78, 5) is 22.9. The fraction of sp³-hybridized carbons (Fsp3) is 0.231. The zero-order chi connectivity index (χ0) is 14.5. The number of ketones is 1. The lowest BCUT2D eigenvalue weighted by Gasteiger charge is -2.04. The Labute approximate surface area is 120 Å². The quantitative estimate of drug-likeness (QED) is 0.670. The lowest BCUT2D eigenvalue weighted by molar-refractivity contribution is -0.114. The van der Waals surface area contributed by atoms with Gasteiger partial charge in [-0.1, -0.05) is 11.8 Å². The zero-order valence-electron chi connectivity index (χ0n) is 11.2. The average molecular weight is 290 g/mol. The molecule has 0 unspecified atom stereocenters. The summed E-state index contributed by atoms with van der Waals surface area (Å²) in [5.41, 5.74) is 1.28. The van der Waals surface area contributed by atoms with Gasteiger partial charge in [-0.3, -0.25) is 9.59 Å². The SMILES string of the molecule is CC(=O)Nc1ccc(C(=O)CSc2nncn2C)cc1. The number of hydrogen-bond donors (Lipinski definition) is 1. The van der Waals surface area contributed by atoms with Crippen molar-refractivity contribution in [3.8, 4) is 0 Å². The van der Waals surface area contributed by atoms with Crippen LogP contribution >= 0.6 is 11.8 Å². The molecule has 0 saturated carbocycles. The van der Waals surface area contributed by atoms with Gasteiger partial charge in [-0.2, -0.15) is 0 Å². The van der Waals surface area contributed by atoms with Crippen molar-refractivity contribution in [3.63, 3.8) is 0 Å². The van der Waals surface area contributed by atoms with Gasteiger partial charge in [0, 0.05) is 25.2 Å². The summed E-state index contributed by atoms with van der Waals surface area (Å²) in [5, 5.41) is 11.0. The van der Waals surface area contributed by atoms with Crippen molar-refractivity contribution in [2.45, 2.75) is 12.1 Å². The predicted octanol–water partition coefficient (Wildman–Crippen LogP) is 1.75. The molecule has 7 heteroatoms. The molecule has 2 rings (SSSR count). The second-order valence-electron chi connectivity index (χ2n) is 4.19. The third kappa shape index (κ3) is 3.67. The van der Waals surface area contributed by atoms with Crippen LogP contribution in [0.15, 0.2) is 35.7 Å². The summed E-state index contributed by atoms with van der Waals surface area (Å²) in [5.74, 6) is 0.167. The lowest BCUT2D eigenvalue weighted by Crippen LogP contribution is -2.07. The van der Waals surface area contributed by atoms with Crippen molar-refractivity contribution in [2.24, 2.45) is 7.05 Å². The van der Waals surface area contributed by atoms with Gasteiger partial charge >= 0.3 is 0 Å². The van der Waals surface area contributed by atoms with Crippen LogP contribution in [0.1, 0.15) is 17.3 Å². The molecule has 0 saturated heterocycles. The minimum Gasteiger partial charge on any atom is -0.326 e. The number of anilines is 1. The summed E-state index contributed by atoms with van der Waals surface area (Å²) in [6, 6.07) is 6.82. The van der Waals surface area contributed by atoms with Crippen molar-refractivity contribution in [2.75, 3.05) is 11.1 Å². The van der Waals surface area contributed by atoms with Crippen LogP contribution < -0.4 is 5.32 Å². The van der Waals surface area contributed by atoms with Crippen LogP contribution in [-0.4, -0.2) is 32.2 Å². The van der Waals surface area contributed by atoms with E-state index in [1.54, 1.807) is 35.2 Å². The molecule has 0 aliphatic carbocycles. The molecule has 104 valence electrons. The van der Waals surface area contributed by atoms with Gasteiger partial charge in [0.05, 0.1) is 5.75 Å². The van der Waals surface area contributed by atoms with Gasteiger partial charge < -0.3 is 9.88 Å². The van der Waals surface area contributed by atoms with Crippen molar-refractivity contribution >= 4 is 29.1 Å². The van der Waals surface area contributed by atoms with Crippen LogP contribution in [0.2, 0.25) is 0 Å². The molecule has 1 aromatic heterocycles. The number of aromatic nitrogens is 3. The molecule has 0 radical (unpaired) electrons. The molecule has 1 amide bonds. The molecule has 0 fully saturated rings. The predicted molar refractivity (Wildman–Crippen MR) is 76.8 cm³/mol. The van der Waals surface area contributed by atoms with Crippen LogP contribution in [0.3, 0.4) is 0 Å². The second-order valence-corrected chi connectivity index (χ2v) is 5.14. The minimum absolute atomic E-state index is 0.00683. The normalized spacial score (nSPS) is 10.3. The number of benzene rings is 1. The first-order valence-electron chi connectivity index (χ1n) is 5.94. The first kappa shape index (κ1) is 14.3. The number of aryl methyl sites for hydroxylation is 1. The topological polar surface area (TPSA) is 76.9 Å². The van der Waals surface area contributed by atoms with Gasteiger partial charge in [0.15, 0.2) is 10.9 Å². The molecule has 1 heterocycles. The van der Waals surface area contributed by atoms with E-state index >= 15 is 0 Å². The number of nitrogens with zero attached hydrogens (tertiary/aromatic N) is 3. The number of amides is 1. The maximum Gasteiger partial charge on any atom is 0.221 e. The summed E-state index contributed by atoms with van der Waals surface area (Å²) < 4.78 is 1.76. The van der Waals surface area contributed by atoms with Crippen LogP contribution in [0.25, 0.3) is 0 Å². The summed E-state index contributed by atoms with van der Waals surface area (Å²) >= 11 is 1.34. The molecule has 0 spiro atoms. The van der Waals surface area contributed by atoms with Crippen molar-refractivity contribution < 1.29 is 9.59 Å². The van der Waals surface area contributed by atoms with Gasteiger partial charge in [-0.15, -0.1) is 10.2 Å². The summed E-state index contributed by atoms with van der Waals surface area (Å²) in [6.45, 7) is 1.44. The van der Waals surface area contributed by atoms with Gasteiger partial charge in [0.2, 0.25) is 5.91 Å². The Morgan fingerprint density at radius 2 is 2.00 bits per heavy atom. The molecule has 0 atom stereocenters. The highest BCUT2D eigenvalue weighted by molar-refractivity contribution is 7.99. The Bertz CT molecular complexity index is 622. The highest BCUT2D eigenvalue weighted by atomic mass is 32.2. The largest absolute Gasteiger partial charge is 0.326 e. The summed E-state index contributed by atoms with van der Waals surface area (Å²) in [7, 11) is 1.83. The molecule has 2 aromatic rings. The highest BCUT2D eigenvalue weighted by Crippen LogP contribution is 2.17. The van der Waals surface area contributed by atoms with Gasteiger partial charge in [0.25, 0.3) is 0 Å². The monoisotopic (exact) mass is 290 g/mol. The van der Waals surface area contributed by atoms with E-state index in [0.717, 1.165) is 0 Å². The third-order valence-electron chi connectivity index (χ3n) is 2.53. The second kappa shape index (κ2) is 6.33. The number of Topliss-reactive ketones (excluding diaryl/α,β-unsaturated/α-hetero) is 1.